The lowest BCUT2D eigenvalue weighted by atomic mass is 10.1. The number of thioether (sulfide) groups is 1. The number of halogens is 2. The van der Waals surface area contributed by atoms with E-state index in [4.69, 9.17) is 27.5 Å². The molecule has 2 amide bonds. The van der Waals surface area contributed by atoms with Gasteiger partial charge >= 0.3 is 0 Å². The Labute approximate surface area is 186 Å². The maximum atomic E-state index is 12.8. The largest absolute Gasteiger partial charge is 0.493 e. The number of benzene rings is 2. The van der Waals surface area contributed by atoms with Crippen molar-refractivity contribution < 1.29 is 19.1 Å². The zero-order valence-corrected chi connectivity index (χ0v) is 18.4. The number of imide groups is 1. The summed E-state index contributed by atoms with van der Waals surface area (Å²) in [6, 6.07) is 10.5. The predicted octanol–water partition coefficient (Wildman–Crippen LogP) is 5.36. The lowest BCUT2D eigenvalue weighted by Crippen LogP contribution is -2.27. The Hall–Kier alpha value is -2.40. The van der Waals surface area contributed by atoms with Gasteiger partial charge in [0.15, 0.2) is 11.5 Å². The minimum Gasteiger partial charge on any atom is -0.493 e. The molecule has 1 saturated heterocycles. The smallest absolute Gasteiger partial charge is 0.293 e. The van der Waals surface area contributed by atoms with Gasteiger partial charge in [-0.3, -0.25) is 14.5 Å². The van der Waals surface area contributed by atoms with E-state index in [-0.39, 0.29) is 29.2 Å². The molecule has 1 heterocycles. The average Bonchev–Trinajstić information content (AvgIpc) is 2.95. The van der Waals surface area contributed by atoms with E-state index in [9.17, 15) is 9.59 Å². The van der Waals surface area contributed by atoms with Crippen molar-refractivity contribution in [2.75, 3.05) is 13.7 Å². The van der Waals surface area contributed by atoms with Crippen LogP contribution in [0.4, 0.5) is 4.79 Å². The third-order valence-corrected chi connectivity index (χ3v) is 5.60. The molecule has 0 radical (unpaired) electrons. The van der Waals surface area contributed by atoms with Crippen molar-refractivity contribution in [2.45, 2.75) is 6.54 Å². The molecule has 5 nitrogen and oxygen atoms in total. The predicted molar refractivity (Wildman–Crippen MR) is 118 cm³/mol. The maximum absolute atomic E-state index is 12.8. The van der Waals surface area contributed by atoms with Gasteiger partial charge < -0.3 is 9.47 Å². The molecule has 0 aromatic heterocycles. The van der Waals surface area contributed by atoms with Crippen LogP contribution in [0.1, 0.15) is 11.1 Å². The highest BCUT2D eigenvalue weighted by molar-refractivity contribution is 9.10. The zero-order chi connectivity index (χ0) is 21.0. The number of carbonyl (C=O) groups is 2. The van der Waals surface area contributed by atoms with Gasteiger partial charge in [-0.05, 0) is 47.7 Å². The van der Waals surface area contributed by atoms with Gasteiger partial charge in [0.1, 0.15) is 6.61 Å². The van der Waals surface area contributed by atoms with Gasteiger partial charge in [-0.1, -0.05) is 45.6 Å². The standard InChI is InChI=1S/C21H15BrClNO4S/c1-3-8-28-19-14(9-15(22)11-17(19)27-2)10-18-20(25)24(21(26)29-18)12-13-4-6-16(23)7-5-13/h1,4-7,9-11H,8,12H2,2H3/b18-10-. The lowest BCUT2D eigenvalue weighted by Gasteiger charge is -2.13. The van der Waals surface area contributed by atoms with E-state index in [0.29, 0.717) is 22.1 Å². The number of hydrogen-bond acceptors (Lipinski definition) is 5. The van der Waals surface area contributed by atoms with Crippen LogP contribution in [0.3, 0.4) is 0 Å². The molecule has 2 aromatic rings. The summed E-state index contributed by atoms with van der Waals surface area (Å²) in [6.07, 6.45) is 6.90. The second-order valence-corrected chi connectivity index (χ2v) is 8.26. The Kier molecular flexibility index (Phi) is 6.91. The molecule has 8 heteroatoms. The number of rotatable bonds is 6. The second-order valence-electron chi connectivity index (χ2n) is 5.91. The molecule has 0 atom stereocenters. The summed E-state index contributed by atoms with van der Waals surface area (Å²) in [5.74, 6) is 2.89. The Bertz CT molecular complexity index is 1030. The van der Waals surface area contributed by atoms with Gasteiger partial charge in [-0.15, -0.1) is 6.42 Å². The summed E-state index contributed by atoms with van der Waals surface area (Å²) in [4.78, 5) is 26.7. The molecule has 0 unspecified atom stereocenters. The van der Waals surface area contributed by atoms with E-state index in [2.05, 4.69) is 21.9 Å². The SMILES string of the molecule is C#CCOc1c(/C=C2\SC(=O)N(Cc3ccc(Cl)cc3)C2=O)cc(Br)cc1OC. The Balaban J connectivity index is 1.92. The molecule has 0 N–H and O–H groups in total. The van der Waals surface area contributed by atoms with Crippen molar-refractivity contribution in [1.29, 1.82) is 0 Å². The second kappa shape index (κ2) is 9.40. The Morgan fingerprint density at radius 3 is 2.66 bits per heavy atom. The van der Waals surface area contributed by atoms with Crippen molar-refractivity contribution in [3.05, 3.63) is 61.9 Å². The Morgan fingerprint density at radius 1 is 1.28 bits per heavy atom. The maximum Gasteiger partial charge on any atom is 0.293 e. The van der Waals surface area contributed by atoms with Crippen molar-refractivity contribution in [3.8, 4) is 23.8 Å². The zero-order valence-electron chi connectivity index (χ0n) is 15.3. The van der Waals surface area contributed by atoms with Crippen LogP contribution >= 0.6 is 39.3 Å². The summed E-state index contributed by atoms with van der Waals surface area (Å²) in [7, 11) is 1.51. The molecule has 1 aliphatic heterocycles. The number of methoxy groups -OCH3 is 1. The van der Waals surface area contributed by atoms with E-state index in [1.54, 1.807) is 42.5 Å². The quantitative estimate of drug-likeness (QED) is 0.401. The van der Waals surface area contributed by atoms with Crippen LogP contribution in [0.15, 0.2) is 45.8 Å². The van der Waals surface area contributed by atoms with Crippen LogP contribution in [-0.4, -0.2) is 29.8 Å². The number of amides is 2. The van der Waals surface area contributed by atoms with E-state index >= 15 is 0 Å². The van der Waals surface area contributed by atoms with Crippen LogP contribution in [0.25, 0.3) is 6.08 Å². The highest BCUT2D eigenvalue weighted by Gasteiger charge is 2.35. The van der Waals surface area contributed by atoms with Crippen LogP contribution in [-0.2, 0) is 11.3 Å². The molecule has 3 rings (SSSR count). The Morgan fingerprint density at radius 2 is 2.00 bits per heavy atom. The van der Waals surface area contributed by atoms with Gasteiger partial charge in [0, 0.05) is 15.1 Å². The monoisotopic (exact) mass is 491 g/mol. The average molecular weight is 493 g/mol. The number of hydrogen-bond donors (Lipinski definition) is 0. The van der Waals surface area contributed by atoms with Crippen molar-refractivity contribution in [2.24, 2.45) is 0 Å². The summed E-state index contributed by atoms with van der Waals surface area (Å²) >= 11 is 10.2. The molecule has 0 saturated carbocycles. The topological polar surface area (TPSA) is 55.8 Å². The molecular weight excluding hydrogens is 478 g/mol. The molecule has 1 fully saturated rings. The van der Waals surface area contributed by atoms with Crippen molar-refractivity contribution in [1.82, 2.24) is 4.90 Å². The van der Waals surface area contributed by atoms with E-state index < -0.39 is 0 Å². The highest BCUT2D eigenvalue weighted by Crippen LogP contribution is 2.39. The van der Waals surface area contributed by atoms with Crippen molar-refractivity contribution in [3.63, 3.8) is 0 Å². The first-order chi connectivity index (χ1) is 13.9. The minimum atomic E-state index is -0.378. The molecule has 29 heavy (non-hydrogen) atoms. The summed E-state index contributed by atoms with van der Waals surface area (Å²) in [6.45, 7) is 0.207. The first kappa shape index (κ1) is 21.3. The highest BCUT2D eigenvalue weighted by atomic mass is 79.9. The van der Waals surface area contributed by atoms with E-state index in [0.717, 1.165) is 21.8 Å². The number of carbonyl (C=O) groups excluding carboxylic acids is 2. The first-order valence-corrected chi connectivity index (χ1v) is 10.3. The molecule has 2 aromatic carbocycles. The van der Waals surface area contributed by atoms with Gasteiger partial charge in [-0.2, -0.15) is 0 Å². The molecule has 148 valence electrons. The molecule has 0 aliphatic carbocycles. The number of nitrogens with zero attached hydrogens (tertiary/aromatic N) is 1. The van der Waals surface area contributed by atoms with Crippen LogP contribution in [0, 0.1) is 12.3 Å². The normalized spacial score (nSPS) is 15.0. The molecule has 0 spiro atoms. The molecule has 0 bridgehead atoms. The number of terminal acetylenes is 1. The fourth-order valence-electron chi connectivity index (χ4n) is 2.67. The molecular formula is C21H15BrClNO4S. The van der Waals surface area contributed by atoms with Crippen LogP contribution in [0.2, 0.25) is 5.02 Å². The molecule has 1 aliphatic rings. The van der Waals surface area contributed by atoms with Crippen LogP contribution < -0.4 is 9.47 Å². The fourth-order valence-corrected chi connectivity index (χ4v) is 4.08. The summed E-state index contributed by atoms with van der Waals surface area (Å²) in [5.41, 5.74) is 1.38. The van der Waals surface area contributed by atoms with Crippen molar-refractivity contribution >= 4 is 56.5 Å². The van der Waals surface area contributed by atoms with Gasteiger partial charge in [0.2, 0.25) is 0 Å². The third-order valence-electron chi connectivity index (χ3n) is 3.98. The fraction of sp³-hybridized carbons (Fsp3) is 0.143. The third kappa shape index (κ3) is 4.96. The summed E-state index contributed by atoms with van der Waals surface area (Å²) in [5, 5.41) is 0.246. The lowest BCUT2D eigenvalue weighted by molar-refractivity contribution is -0.123. The van der Waals surface area contributed by atoms with Gasteiger partial charge in [0.25, 0.3) is 11.1 Å². The van der Waals surface area contributed by atoms with E-state index in [1.807, 2.05) is 0 Å². The van der Waals surface area contributed by atoms with E-state index in [1.165, 1.54) is 12.0 Å². The number of ether oxygens (including phenoxy) is 2. The minimum absolute atomic E-state index is 0.0386. The van der Waals surface area contributed by atoms with Gasteiger partial charge in [0.05, 0.1) is 18.6 Å². The first-order valence-electron chi connectivity index (χ1n) is 8.36. The van der Waals surface area contributed by atoms with Crippen LogP contribution in [0.5, 0.6) is 11.5 Å². The summed E-state index contributed by atoms with van der Waals surface area (Å²) < 4.78 is 11.7. The van der Waals surface area contributed by atoms with Gasteiger partial charge in [-0.25, -0.2) is 0 Å².